The fourth-order valence-corrected chi connectivity index (χ4v) is 4.66. The number of hydrogen-bond acceptors (Lipinski definition) is 17. The number of ether oxygens (including phenoxy) is 1. The van der Waals surface area contributed by atoms with Crippen LogP contribution in [0.15, 0.2) is 0 Å². The number of anilines is 3. The molecule has 1 aromatic heterocycles. The van der Waals surface area contributed by atoms with E-state index < -0.39 is 82.3 Å². The average molecular weight is 600 g/mol. The van der Waals surface area contributed by atoms with E-state index in [-0.39, 0.29) is 39.2 Å². The van der Waals surface area contributed by atoms with Crippen molar-refractivity contribution < 1.29 is 60.6 Å². The molecular formula is C23H29N5O12S. The Morgan fingerprint density at radius 1 is 0.951 bits per heavy atom. The summed E-state index contributed by atoms with van der Waals surface area (Å²) in [4.78, 5) is 16.1. The molecule has 41 heavy (non-hydrogen) atoms. The maximum absolute atomic E-state index is 12.4. The van der Waals surface area contributed by atoms with Crippen LogP contribution in [-0.4, -0.2) is 82.2 Å². The Morgan fingerprint density at radius 3 is 2.05 bits per heavy atom. The lowest BCUT2D eigenvalue weighted by Gasteiger charge is -2.28. The van der Waals surface area contributed by atoms with Crippen LogP contribution in [0, 0.1) is 6.92 Å². The molecule has 1 amide bonds. The van der Waals surface area contributed by atoms with Crippen LogP contribution in [-0.2, 0) is 21.7 Å². The summed E-state index contributed by atoms with van der Waals surface area (Å²) in [5.74, 6) is -11.5. The predicted octanol–water partition coefficient (Wildman–Crippen LogP) is -0.443. The molecule has 0 fully saturated rings. The fourth-order valence-electron chi connectivity index (χ4n) is 4.07. The third kappa shape index (κ3) is 5.81. The van der Waals surface area contributed by atoms with Gasteiger partial charge in [0.15, 0.2) is 44.7 Å². The minimum absolute atomic E-state index is 0.0266. The van der Waals surface area contributed by atoms with Crippen molar-refractivity contribution in [1.82, 2.24) is 10.3 Å². The minimum atomic E-state index is -3.16. The van der Waals surface area contributed by atoms with Crippen molar-refractivity contribution in [2.45, 2.75) is 25.2 Å². The van der Waals surface area contributed by atoms with Crippen LogP contribution in [0.2, 0.25) is 0 Å². The van der Waals surface area contributed by atoms with E-state index in [0.717, 1.165) is 0 Å². The third-order valence-electron chi connectivity index (χ3n) is 6.14. The number of aromatic nitrogens is 1. The first-order valence-corrected chi connectivity index (χ1v) is 12.3. The molecule has 0 radical (unpaired) electrons. The van der Waals surface area contributed by atoms with E-state index in [2.05, 4.69) is 10.3 Å². The molecule has 0 aliphatic heterocycles. The summed E-state index contributed by atoms with van der Waals surface area (Å²) in [6.07, 6.45) is -1.62. The van der Waals surface area contributed by atoms with Gasteiger partial charge in [0.05, 0.1) is 24.8 Å². The molecule has 1 unspecified atom stereocenters. The lowest BCUT2D eigenvalue weighted by atomic mass is 9.97. The van der Waals surface area contributed by atoms with Gasteiger partial charge in [0.2, 0.25) is 17.4 Å². The molecule has 2 aromatic carbocycles. The quantitative estimate of drug-likeness (QED) is 0.0607. The van der Waals surface area contributed by atoms with Gasteiger partial charge in [-0.1, -0.05) is 11.3 Å². The van der Waals surface area contributed by atoms with Crippen molar-refractivity contribution in [3.63, 3.8) is 0 Å². The van der Waals surface area contributed by atoms with Crippen LogP contribution in [0.4, 0.5) is 16.5 Å². The largest absolute Gasteiger partial charge is 0.504 e. The zero-order valence-electron chi connectivity index (χ0n) is 21.5. The molecule has 0 bridgehead atoms. The maximum Gasteiger partial charge on any atom is 0.230 e. The molecule has 17 nitrogen and oxygen atoms in total. The van der Waals surface area contributed by atoms with Gasteiger partial charge in [-0.05, 0) is 6.92 Å². The van der Waals surface area contributed by atoms with E-state index >= 15 is 0 Å². The van der Waals surface area contributed by atoms with Gasteiger partial charge >= 0.3 is 0 Å². The first kappa shape index (κ1) is 30.9. The number of nitrogens with two attached hydrogens (primary N) is 2. The summed E-state index contributed by atoms with van der Waals surface area (Å²) in [7, 11) is 1.24. The molecular weight excluding hydrogens is 570 g/mol. The summed E-state index contributed by atoms with van der Waals surface area (Å²) < 4.78 is 5.30. The lowest BCUT2D eigenvalue weighted by Crippen LogP contribution is -2.40. The standard InChI is InChI=1S/C23H29N5O12S/c1-6-10(12(24)17(33)20(36)14(6)30)8(40-2)4-26-5-23(38,39)11-15(31)18(34)13(19(35)16(11)32)28-9(29)3-7-21(37)41-22(25)27-7/h8,26,30-39H,3-5,24H2,1-2H3,(H2,25,27)(H,28,29). The van der Waals surface area contributed by atoms with Gasteiger partial charge in [0, 0.05) is 24.8 Å². The highest BCUT2D eigenvalue weighted by Crippen LogP contribution is 2.53. The topological polar surface area (TPSA) is 318 Å². The number of benzene rings is 2. The molecule has 0 aliphatic carbocycles. The number of carbonyl (C=O) groups excluding carboxylic acids is 1. The van der Waals surface area contributed by atoms with Gasteiger partial charge in [-0.15, -0.1) is 0 Å². The molecule has 0 saturated carbocycles. The number of phenolic OH excluding ortho intramolecular Hbond substituents is 7. The Kier molecular flexibility index (Phi) is 8.65. The second-order valence-electron chi connectivity index (χ2n) is 8.84. The number of hydrogen-bond donors (Lipinski definition) is 14. The van der Waals surface area contributed by atoms with Gasteiger partial charge in [0.1, 0.15) is 16.9 Å². The number of aromatic hydroxyl groups is 8. The number of nitrogen functional groups attached to an aromatic ring is 2. The Bertz CT molecular complexity index is 1430. The Hall–Kier alpha value is -4.62. The number of amides is 1. The highest BCUT2D eigenvalue weighted by molar-refractivity contribution is 7.17. The first-order valence-electron chi connectivity index (χ1n) is 11.5. The summed E-state index contributed by atoms with van der Waals surface area (Å²) >= 11 is 0.700. The molecule has 1 atom stereocenters. The van der Waals surface area contributed by atoms with E-state index in [9.17, 15) is 55.9 Å². The molecule has 0 spiro atoms. The molecule has 16 N–H and O–H groups in total. The Morgan fingerprint density at radius 2 is 1.54 bits per heavy atom. The zero-order chi connectivity index (χ0) is 31.0. The highest BCUT2D eigenvalue weighted by atomic mass is 32.1. The number of thiazole rings is 1. The van der Waals surface area contributed by atoms with Gasteiger partial charge in [-0.3, -0.25) is 4.79 Å². The maximum atomic E-state index is 12.4. The lowest BCUT2D eigenvalue weighted by molar-refractivity contribution is -0.168. The highest BCUT2D eigenvalue weighted by Gasteiger charge is 2.38. The number of carbonyl (C=O) groups is 1. The summed E-state index contributed by atoms with van der Waals surface area (Å²) in [6.45, 7) is 0.222. The van der Waals surface area contributed by atoms with Gasteiger partial charge in [-0.2, -0.15) is 0 Å². The predicted molar refractivity (Wildman–Crippen MR) is 143 cm³/mol. The fraction of sp³-hybridized carbons (Fsp3) is 0.304. The van der Waals surface area contributed by atoms with Crippen LogP contribution in [0.3, 0.4) is 0 Å². The summed E-state index contributed by atoms with van der Waals surface area (Å²) in [6, 6.07) is 0. The van der Waals surface area contributed by atoms with E-state index in [0.29, 0.717) is 11.3 Å². The van der Waals surface area contributed by atoms with Crippen molar-refractivity contribution in [1.29, 1.82) is 0 Å². The van der Waals surface area contributed by atoms with E-state index in [4.69, 9.17) is 16.2 Å². The van der Waals surface area contributed by atoms with Crippen LogP contribution < -0.4 is 22.1 Å². The molecule has 1 heterocycles. The number of phenols is 7. The number of nitrogens with one attached hydrogen (secondary N) is 2. The van der Waals surface area contributed by atoms with Crippen molar-refractivity contribution >= 4 is 33.8 Å². The van der Waals surface area contributed by atoms with Gasteiger partial charge < -0.3 is 77.9 Å². The molecule has 0 aliphatic rings. The second kappa shape index (κ2) is 11.5. The normalized spacial score (nSPS) is 12.4. The van der Waals surface area contributed by atoms with E-state index in [1.165, 1.54) is 14.0 Å². The number of aliphatic hydroxyl groups is 2. The molecule has 18 heteroatoms. The first-order chi connectivity index (χ1) is 19.0. The SMILES string of the molecule is COC(CNCC(O)(O)c1c(O)c(O)c(NC(=O)Cc2nc(N)sc2O)c(O)c1O)c1c(C)c(O)c(O)c(O)c1N. The monoisotopic (exact) mass is 599 g/mol. The van der Waals surface area contributed by atoms with E-state index in [1.54, 1.807) is 0 Å². The Labute approximate surface area is 234 Å². The molecule has 224 valence electrons. The van der Waals surface area contributed by atoms with Crippen molar-refractivity contribution in [3.05, 3.63) is 22.4 Å². The number of methoxy groups -OCH3 is 1. The van der Waals surface area contributed by atoms with E-state index in [1.807, 2.05) is 5.32 Å². The zero-order valence-corrected chi connectivity index (χ0v) is 22.3. The average Bonchev–Trinajstić information content (AvgIpc) is 3.22. The van der Waals surface area contributed by atoms with Crippen LogP contribution in [0.25, 0.3) is 0 Å². The van der Waals surface area contributed by atoms with Crippen molar-refractivity contribution in [2.24, 2.45) is 0 Å². The Balaban J connectivity index is 1.82. The smallest absolute Gasteiger partial charge is 0.230 e. The third-order valence-corrected chi connectivity index (χ3v) is 6.87. The van der Waals surface area contributed by atoms with Crippen LogP contribution >= 0.6 is 11.3 Å². The molecule has 0 saturated heterocycles. The van der Waals surface area contributed by atoms with Crippen LogP contribution in [0.1, 0.15) is 28.5 Å². The van der Waals surface area contributed by atoms with Gasteiger partial charge in [-0.25, -0.2) is 4.98 Å². The summed E-state index contributed by atoms with van der Waals surface area (Å²) in [5.41, 5.74) is 8.97. The number of nitrogens with zero attached hydrogens (tertiary/aromatic N) is 1. The minimum Gasteiger partial charge on any atom is -0.504 e. The van der Waals surface area contributed by atoms with Crippen LogP contribution in [0.5, 0.6) is 45.3 Å². The number of rotatable bonds is 10. The molecule has 3 rings (SSSR count). The second-order valence-corrected chi connectivity index (χ2v) is 9.85. The molecule has 3 aromatic rings. The van der Waals surface area contributed by atoms with Gasteiger partial charge in [0.25, 0.3) is 0 Å². The summed E-state index contributed by atoms with van der Waals surface area (Å²) in [5, 5.41) is 107. The van der Waals surface area contributed by atoms with Crippen molar-refractivity contribution in [2.75, 3.05) is 37.0 Å². The van der Waals surface area contributed by atoms with Crippen molar-refractivity contribution in [3.8, 4) is 45.3 Å².